The highest BCUT2D eigenvalue weighted by Crippen LogP contribution is 2.20. The molecule has 0 aliphatic carbocycles. The summed E-state index contributed by atoms with van der Waals surface area (Å²) in [6.07, 6.45) is 3.88. The average Bonchev–Trinajstić information content (AvgIpc) is 3.28. The lowest BCUT2D eigenvalue weighted by atomic mass is 9.92. The van der Waals surface area contributed by atoms with Gasteiger partial charge in [0, 0.05) is 37.2 Å². The highest BCUT2D eigenvalue weighted by Gasteiger charge is 2.29. The highest BCUT2D eigenvalue weighted by atomic mass is 16.5. The maximum atomic E-state index is 13.2. The van der Waals surface area contributed by atoms with E-state index in [1.54, 1.807) is 38.1 Å². The molecule has 1 aliphatic heterocycles. The van der Waals surface area contributed by atoms with E-state index in [1.165, 1.54) is 12.2 Å². The molecule has 1 aromatic carbocycles. The van der Waals surface area contributed by atoms with Crippen molar-refractivity contribution in [3.8, 4) is 0 Å². The number of nitrogens with one attached hydrogen (secondary N) is 3. The van der Waals surface area contributed by atoms with E-state index in [-0.39, 0.29) is 73.9 Å². The fourth-order valence-electron chi connectivity index (χ4n) is 4.52. The first-order chi connectivity index (χ1) is 21.6. The van der Waals surface area contributed by atoms with Crippen molar-refractivity contribution in [2.24, 2.45) is 11.3 Å². The summed E-state index contributed by atoms with van der Waals surface area (Å²) >= 11 is 0. The van der Waals surface area contributed by atoms with Gasteiger partial charge in [0.2, 0.25) is 17.7 Å². The average molecular weight is 643 g/mol. The van der Waals surface area contributed by atoms with Crippen LogP contribution < -0.4 is 16.0 Å². The third-order valence-electron chi connectivity index (χ3n) is 7.03. The number of carbonyl (C=O) groups excluding carboxylic acids is 6. The number of unbranched alkanes of at least 4 members (excludes halogenated alkanes) is 2. The second-order valence-electron chi connectivity index (χ2n) is 12.8. The van der Waals surface area contributed by atoms with E-state index in [0.29, 0.717) is 30.5 Å². The molecule has 2 atom stereocenters. The number of carbonyl (C=O) groups is 7. The Morgan fingerprint density at radius 1 is 0.870 bits per heavy atom. The van der Waals surface area contributed by atoms with E-state index in [9.17, 15) is 38.7 Å². The Balaban J connectivity index is 1.91. The van der Waals surface area contributed by atoms with Crippen LogP contribution in [0.3, 0.4) is 0 Å². The number of anilines is 1. The first-order valence-corrected chi connectivity index (χ1v) is 15.5. The van der Waals surface area contributed by atoms with Crippen LogP contribution in [0.1, 0.15) is 85.1 Å². The molecule has 1 aliphatic rings. The van der Waals surface area contributed by atoms with Crippen molar-refractivity contribution in [3.05, 3.63) is 42.0 Å². The molecule has 5 amide bonds. The van der Waals surface area contributed by atoms with Gasteiger partial charge in [0.25, 0.3) is 11.8 Å². The maximum absolute atomic E-state index is 13.2. The van der Waals surface area contributed by atoms with Crippen LogP contribution in [0, 0.1) is 11.3 Å². The number of carboxylic acid groups (broad SMARTS) is 1. The van der Waals surface area contributed by atoms with Crippen molar-refractivity contribution in [1.82, 2.24) is 15.5 Å². The molecule has 1 heterocycles. The lowest BCUT2D eigenvalue weighted by Gasteiger charge is -2.25. The van der Waals surface area contributed by atoms with Crippen LogP contribution in [0.2, 0.25) is 0 Å². The van der Waals surface area contributed by atoms with Gasteiger partial charge in [-0.05, 0) is 48.3 Å². The summed E-state index contributed by atoms with van der Waals surface area (Å²) < 4.78 is 5.30. The summed E-state index contributed by atoms with van der Waals surface area (Å²) in [4.78, 5) is 86.6. The van der Waals surface area contributed by atoms with E-state index >= 15 is 0 Å². The van der Waals surface area contributed by atoms with Gasteiger partial charge >= 0.3 is 11.9 Å². The van der Waals surface area contributed by atoms with Gasteiger partial charge in [-0.3, -0.25) is 38.5 Å². The standard InChI is InChI=1S/C33H46N4O9/c1-21(2)30(36-25(38)9-7-6-8-18-37-26(39)15-16-27(37)40)32(45)35-24(14-17-28(41)42)31(44)34-23-12-10-22(11-13-23)20-46-29(43)19-33(3,4)5/h10-13,15-16,21,24,30H,6-9,14,17-20H2,1-5H3,(H,34,44)(H,35,45)(H,36,38)(H,41,42)/t24-,30-/m0/s1. The Morgan fingerprint density at radius 2 is 1.50 bits per heavy atom. The molecule has 0 unspecified atom stereocenters. The zero-order valence-corrected chi connectivity index (χ0v) is 27.2. The third-order valence-corrected chi connectivity index (χ3v) is 7.03. The summed E-state index contributed by atoms with van der Waals surface area (Å²) in [6, 6.07) is 4.41. The Hall–Kier alpha value is -4.55. The van der Waals surface area contributed by atoms with Crippen LogP contribution in [0.4, 0.5) is 5.69 Å². The van der Waals surface area contributed by atoms with Crippen LogP contribution in [0.25, 0.3) is 0 Å². The summed E-state index contributed by atoms with van der Waals surface area (Å²) in [6.45, 7) is 9.61. The van der Waals surface area contributed by atoms with Crippen molar-refractivity contribution in [1.29, 1.82) is 0 Å². The minimum atomic E-state index is -1.19. The van der Waals surface area contributed by atoms with Gasteiger partial charge in [-0.15, -0.1) is 0 Å². The first kappa shape index (κ1) is 37.6. The first-order valence-electron chi connectivity index (χ1n) is 15.5. The van der Waals surface area contributed by atoms with Crippen LogP contribution in [-0.2, 0) is 44.9 Å². The van der Waals surface area contributed by atoms with Crippen LogP contribution in [0.5, 0.6) is 0 Å². The Kier molecular flexibility index (Phi) is 14.6. The lowest BCUT2D eigenvalue weighted by Crippen LogP contribution is -2.54. The molecule has 0 radical (unpaired) electrons. The van der Waals surface area contributed by atoms with E-state index in [4.69, 9.17) is 4.74 Å². The number of hydrogen-bond donors (Lipinski definition) is 4. The quantitative estimate of drug-likeness (QED) is 0.106. The van der Waals surface area contributed by atoms with Gasteiger partial charge in [-0.1, -0.05) is 53.2 Å². The van der Waals surface area contributed by atoms with E-state index < -0.39 is 29.9 Å². The van der Waals surface area contributed by atoms with Gasteiger partial charge in [-0.25, -0.2) is 0 Å². The maximum Gasteiger partial charge on any atom is 0.306 e. The molecule has 0 saturated carbocycles. The number of amides is 5. The topological polar surface area (TPSA) is 188 Å². The zero-order valence-electron chi connectivity index (χ0n) is 27.2. The highest BCUT2D eigenvalue weighted by molar-refractivity contribution is 6.12. The number of ether oxygens (including phenoxy) is 1. The molecular formula is C33H46N4O9. The number of benzene rings is 1. The predicted octanol–water partition coefficient (Wildman–Crippen LogP) is 3.08. The lowest BCUT2D eigenvalue weighted by molar-refractivity contribution is -0.147. The van der Waals surface area contributed by atoms with E-state index in [1.807, 2.05) is 20.8 Å². The van der Waals surface area contributed by atoms with Crippen LogP contribution >= 0.6 is 0 Å². The van der Waals surface area contributed by atoms with E-state index in [2.05, 4.69) is 16.0 Å². The number of imide groups is 1. The predicted molar refractivity (Wildman–Crippen MR) is 169 cm³/mol. The number of aliphatic carboxylic acids is 1. The van der Waals surface area contributed by atoms with Crippen molar-refractivity contribution in [3.63, 3.8) is 0 Å². The molecule has 0 spiro atoms. The molecule has 0 saturated heterocycles. The van der Waals surface area contributed by atoms with Gasteiger partial charge in [0.1, 0.15) is 18.7 Å². The SMILES string of the molecule is CC(C)[C@H](NC(=O)CCCCCN1C(=O)C=CC1=O)C(=O)N[C@@H](CCC(=O)O)C(=O)Nc1ccc(COC(=O)CC(C)(C)C)cc1. The monoisotopic (exact) mass is 642 g/mol. The second kappa shape index (κ2) is 17.8. The number of carboxylic acids is 1. The minimum Gasteiger partial charge on any atom is -0.481 e. The largest absolute Gasteiger partial charge is 0.481 e. The van der Waals surface area contributed by atoms with Gasteiger partial charge < -0.3 is 25.8 Å². The molecule has 13 nitrogen and oxygen atoms in total. The number of esters is 1. The molecule has 4 N–H and O–H groups in total. The normalized spacial score (nSPS) is 14.2. The van der Waals surface area contributed by atoms with Gasteiger partial charge in [-0.2, -0.15) is 0 Å². The molecular weight excluding hydrogens is 596 g/mol. The van der Waals surface area contributed by atoms with Crippen LogP contribution in [0.15, 0.2) is 36.4 Å². The molecule has 0 bridgehead atoms. The molecule has 1 aromatic rings. The number of rotatable bonds is 18. The molecule has 0 aromatic heterocycles. The summed E-state index contributed by atoms with van der Waals surface area (Å²) in [7, 11) is 0. The Morgan fingerprint density at radius 3 is 2.07 bits per heavy atom. The summed E-state index contributed by atoms with van der Waals surface area (Å²) in [5, 5.41) is 17.2. The van der Waals surface area contributed by atoms with Crippen molar-refractivity contribution in [2.45, 2.75) is 98.3 Å². The number of hydrogen-bond acceptors (Lipinski definition) is 8. The van der Waals surface area contributed by atoms with Crippen molar-refractivity contribution < 1.29 is 43.4 Å². The Labute approximate surface area is 269 Å². The van der Waals surface area contributed by atoms with Gasteiger partial charge in [0.15, 0.2) is 0 Å². The fraction of sp³-hybridized carbons (Fsp3) is 0.545. The third kappa shape index (κ3) is 13.6. The summed E-state index contributed by atoms with van der Waals surface area (Å²) in [5.74, 6) is -4.13. The van der Waals surface area contributed by atoms with Crippen molar-refractivity contribution in [2.75, 3.05) is 11.9 Å². The molecule has 13 heteroatoms. The second-order valence-corrected chi connectivity index (χ2v) is 12.8. The smallest absolute Gasteiger partial charge is 0.306 e. The molecule has 2 rings (SSSR count). The fourth-order valence-corrected chi connectivity index (χ4v) is 4.52. The Bertz CT molecular complexity index is 1280. The van der Waals surface area contributed by atoms with Gasteiger partial charge in [0.05, 0.1) is 6.42 Å². The van der Waals surface area contributed by atoms with Crippen LogP contribution in [-0.4, -0.2) is 70.1 Å². The van der Waals surface area contributed by atoms with E-state index in [0.717, 1.165) is 4.90 Å². The molecule has 46 heavy (non-hydrogen) atoms. The zero-order chi connectivity index (χ0) is 34.4. The van der Waals surface area contributed by atoms with Crippen molar-refractivity contribution >= 4 is 47.2 Å². The summed E-state index contributed by atoms with van der Waals surface area (Å²) in [5.41, 5.74) is 0.909. The molecule has 0 fully saturated rings. The number of nitrogens with zero attached hydrogens (tertiary/aromatic N) is 1. The minimum absolute atomic E-state index is 0.0705. The molecule has 252 valence electrons.